The summed E-state index contributed by atoms with van der Waals surface area (Å²) in [6, 6.07) is 22.4. The molecule has 0 spiro atoms. The van der Waals surface area contributed by atoms with Crippen molar-refractivity contribution >= 4 is 40.4 Å². The monoisotopic (exact) mass is 459 g/mol. The van der Waals surface area contributed by atoms with E-state index in [1.807, 2.05) is 49.4 Å². The van der Waals surface area contributed by atoms with Crippen molar-refractivity contribution in [3.63, 3.8) is 0 Å². The van der Waals surface area contributed by atoms with Crippen molar-refractivity contribution in [2.45, 2.75) is 6.92 Å². The van der Waals surface area contributed by atoms with Gasteiger partial charge in [-0.25, -0.2) is 9.97 Å². The van der Waals surface area contributed by atoms with Crippen LogP contribution in [0.15, 0.2) is 78.9 Å². The van der Waals surface area contributed by atoms with Crippen LogP contribution < -0.4 is 10.6 Å². The molecule has 1 amide bonds. The Labute approximate surface area is 194 Å². The Balaban J connectivity index is 1.53. The van der Waals surface area contributed by atoms with Gasteiger partial charge in [-0.05, 0) is 31.2 Å². The van der Waals surface area contributed by atoms with E-state index in [-0.39, 0.29) is 16.4 Å². The fourth-order valence-corrected chi connectivity index (χ4v) is 3.41. The summed E-state index contributed by atoms with van der Waals surface area (Å²) in [5.74, 6) is 0.802. The first-order valence-corrected chi connectivity index (χ1v) is 10.3. The molecule has 164 valence electrons. The summed E-state index contributed by atoms with van der Waals surface area (Å²) in [5, 5.41) is 16.8. The normalized spacial score (nSPS) is 10.5. The van der Waals surface area contributed by atoms with E-state index in [2.05, 4.69) is 20.6 Å². The van der Waals surface area contributed by atoms with Gasteiger partial charge in [0.1, 0.15) is 11.6 Å². The third-order valence-electron chi connectivity index (χ3n) is 4.72. The van der Waals surface area contributed by atoms with Crippen LogP contribution >= 0.6 is 11.6 Å². The first kappa shape index (κ1) is 21.9. The molecule has 2 N–H and O–H groups in total. The lowest BCUT2D eigenvalue weighted by molar-refractivity contribution is -0.384. The van der Waals surface area contributed by atoms with Crippen LogP contribution in [-0.2, 0) is 0 Å². The minimum atomic E-state index is -0.551. The molecule has 1 heterocycles. The van der Waals surface area contributed by atoms with Crippen LogP contribution in [0.25, 0.3) is 11.3 Å². The van der Waals surface area contributed by atoms with E-state index >= 15 is 0 Å². The summed E-state index contributed by atoms with van der Waals surface area (Å²) in [4.78, 5) is 32.0. The Morgan fingerprint density at radius 2 is 1.76 bits per heavy atom. The number of hydrogen-bond acceptors (Lipinski definition) is 6. The van der Waals surface area contributed by atoms with Gasteiger partial charge in [-0.1, -0.05) is 48.0 Å². The van der Waals surface area contributed by atoms with Crippen LogP contribution in [0.4, 0.5) is 22.9 Å². The fraction of sp³-hybridized carbons (Fsp3) is 0.0417. The highest BCUT2D eigenvalue weighted by molar-refractivity contribution is 6.34. The van der Waals surface area contributed by atoms with E-state index in [0.717, 1.165) is 11.3 Å². The van der Waals surface area contributed by atoms with Gasteiger partial charge in [0.25, 0.3) is 11.6 Å². The molecule has 33 heavy (non-hydrogen) atoms. The minimum absolute atomic E-state index is 0.0803. The van der Waals surface area contributed by atoms with E-state index in [1.54, 1.807) is 18.2 Å². The van der Waals surface area contributed by atoms with Gasteiger partial charge in [-0.15, -0.1) is 0 Å². The van der Waals surface area contributed by atoms with Crippen LogP contribution in [0.2, 0.25) is 5.02 Å². The highest BCUT2D eigenvalue weighted by Crippen LogP contribution is 2.27. The first-order valence-electron chi connectivity index (χ1n) is 9.92. The number of carbonyl (C=O) groups is 1. The number of nitro benzene ring substituents is 1. The Bertz CT molecular complexity index is 1350. The first-order chi connectivity index (χ1) is 15.9. The molecular weight excluding hydrogens is 442 g/mol. The van der Waals surface area contributed by atoms with Gasteiger partial charge in [0.05, 0.1) is 21.3 Å². The molecule has 0 aliphatic rings. The average molecular weight is 460 g/mol. The van der Waals surface area contributed by atoms with Crippen molar-refractivity contribution in [2.75, 3.05) is 10.6 Å². The second-order valence-corrected chi connectivity index (χ2v) is 7.54. The molecule has 4 aromatic rings. The van der Waals surface area contributed by atoms with E-state index in [4.69, 9.17) is 11.6 Å². The van der Waals surface area contributed by atoms with Crippen LogP contribution in [0.1, 0.15) is 16.2 Å². The molecule has 0 saturated heterocycles. The molecule has 0 unspecified atom stereocenters. The zero-order valence-electron chi connectivity index (χ0n) is 17.4. The number of nitro groups is 1. The predicted molar refractivity (Wildman–Crippen MR) is 128 cm³/mol. The standard InChI is InChI=1S/C24H18ClN5O3/c1-15-26-22(16-6-3-2-4-7-16)14-23(27-15)28-18-9-5-8-17(12-18)24(31)29-21-11-10-19(30(32)33)13-20(21)25/h2-14H,1H3,(H,29,31)(H,26,27,28). The topological polar surface area (TPSA) is 110 Å². The summed E-state index contributed by atoms with van der Waals surface area (Å²) in [6.07, 6.45) is 0. The second-order valence-electron chi connectivity index (χ2n) is 7.13. The summed E-state index contributed by atoms with van der Waals surface area (Å²) in [5.41, 5.74) is 2.92. The zero-order valence-corrected chi connectivity index (χ0v) is 18.2. The summed E-state index contributed by atoms with van der Waals surface area (Å²) < 4.78 is 0. The Kier molecular flexibility index (Phi) is 6.28. The quantitative estimate of drug-likeness (QED) is 0.270. The van der Waals surface area contributed by atoms with Crippen molar-refractivity contribution in [1.29, 1.82) is 0 Å². The molecular formula is C24H18ClN5O3. The number of benzene rings is 3. The van der Waals surface area contributed by atoms with Crippen LogP contribution in [-0.4, -0.2) is 20.8 Å². The molecule has 4 rings (SSSR count). The van der Waals surface area contributed by atoms with E-state index < -0.39 is 10.8 Å². The number of nitrogens with one attached hydrogen (secondary N) is 2. The van der Waals surface area contributed by atoms with E-state index in [9.17, 15) is 14.9 Å². The third kappa shape index (κ3) is 5.31. The number of aryl methyl sites for hydroxylation is 1. The molecule has 0 aliphatic carbocycles. The molecule has 0 saturated carbocycles. The Morgan fingerprint density at radius 3 is 2.48 bits per heavy atom. The van der Waals surface area contributed by atoms with Crippen molar-refractivity contribution in [1.82, 2.24) is 9.97 Å². The largest absolute Gasteiger partial charge is 0.340 e. The lowest BCUT2D eigenvalue weighted by Crippen LogP contribution is -2.12. The molecule has 9 heteroatoms. The Morgan fingerprint density at radius 1 is 0.970 bits per heavy atom. The van der Waals surface area contributed by atoms with E-state index in [0.29, 0.717) is 22.9 Å². The highest BCUT2D eigenvalue weighted by Gasteiger charge is 2.13. The van der Waals surface area contributed by atoms with Crippen LogP contribution in [0.3, 0.4) is 0 Å². The highest BCUT2D eigenvalue weighted by atomic mass is 35.5. The van der Waals surface area contributed by atoms with Crippen molar-refractivity contribution in [3.8, 4) is 11.3 Å². The number of anilines is 3. The molecule has 0 aliphatic heterocycles. The minimum Gasteiger partial charge on any atom is -0.340 e. The molecule has 1 aromatic heterocycles. The molecule has 0 bridgehead atoms. The number of carbonyl (C=O) groups excluding carboxylic acids is 1. The maximum absolute atomic E-state index is 12.7. The number of nitrogens with zero attached hydrogens (tertiary/aromatic N) is 3. The van der Waals surface area contributed by atoms with Gasteiger partial charge in [0.2, 0.25) is 0 Å². The number of amides is 1. The van der Waals surface area contributed by atoms with Gasteiger partial charge in [0.15, 0.2) is 0 Å². The lowest BCUT2D eigenvalue weighted by Gasteiger charge is -2.11. The SMILES string of the molecule is Cc1nc(Nc2cccc(C(=O)Nc3ccc([N+](=O)[O-])cc3Cl)c2)cc(-c2ccccc2)n1. The summed E-state index contributed by atoms with van der Waals surface area (Å²) in [6.45, 7) is 1.81. The summed E-state index contributed by atoms with van der Waals surface area (Å²) >= 11 is 6.08. The van der Waals surface area contributed by atoms with Crippen LogP contribution in [0, 0.1) is 17.0 Å². The lowest BCUT2D eigenvalue weighted by atomic mass is 10.1. The predicted octanol–water partition coefficient (Wildman–Crippen LogP) is 6.01. The summed E-state index contributed by atoms with van der Waals surface area (Å²) in [7, 11) is 0. The number of non-ortho nitro benzene ring substituents is 1. The number of halogens is 1. The van der Waals surface area contributed by atoms with Gasteiger partial charge < -0.3 is 10.6 Å². The molecule has 3 aromatic carbocycles. The maximum atomic E-state index is 12.7. The van der Waals surface area contributed by atoms with Gasteiger partial charge in [-0.3, -0.25) is 14.9 Å². The van der Waals surface area contributed by atoms with Gasteiger partial charge in [0, 0.05) is 35.0 Å². The van der Waals surface area contributed by atoms with Crippen LogP contribution in [0.5, 0.6) is 0 Å². The third-order valence-corrected chi connectivity index (χ3v) is 5.03. The Hall–Kier alpha value is -4.30. The maximum Gasteiger partial charge on any atom is 0.271 e. The second kappa shape index (κ2) is 9.46. The fourth-order valence-electron chi connectivity index (χ4n) is 3.19. The van der Waals surface area contributed by atoms with Crippen molar-refractivity contribution in [3.05, 3.63) is 105 Å². The van der Waals surface area contributed by atoms with Gasteiger partial charge >= 0.3 is 0 Å². The zero-order chi connectivity index (χ0) is 23.4. The molecule has 0 atom stereocenters. The van der Waals surface area contributed by atoms with Crippen molar-refractivity contribution < 1.29 is 9.72 Å². The number of rotatable bonds is 6. The molecule has 8 nitrogen and oxygen atoms in total. The number of aromatic nitrogens is 2. The van der Waals surface area contributed by atoms with E-state index in [1.165, 1.54) is 18.2 Å². The molecule has 0 radical (unpaired) electrons. The number of hydrogen-bond donors (Lipinski definition) is 2. The van der Waals surface area contributed by atoms with Crippen molar-refractivity contribution in [2.24, 2.45) is 0 Å². The average Bonchev–Trinajstić information content (AvgIpc) is 2.80. The van der Waals surface area contributed by atoms with Gasteiger partial charge in [-0.2, -0.15) is 0 Å². The molecule has 0 fully saturated rings. The smallest absolute Gasteiger partial charge is 0.271 e.